The summed E-state index contributed by atoms with van der Waals surface area (Å²) in [5, 5.41) is 3.65. The van der Waals surface area contributed by atoms with Crippen LogP contribution in [0.3, 0.4) is 0 Å². The van der Waals surface area contributed by atoms with Crippen LogP contribution in [0.5, 0.6) is 0 Å². The lowest BCUT2D eigenvalue weighted by Gasteiger charge is -2.29. The minimum absolute atomic E-state index is 0.594. The van der Waals surface area contributed by atoms with Crippen LogP contribution in [0.1, 0.15) is 26.2 Å². The SMILES string of the molecule is CCNC(CN(C)CCN1CCCC1)C1CCOC1. The van der Waals surface area contributed by atoms with Crippen molar-refractivity contribution in [3.63, 3.8) is 0 Å². The second-order valence-corrected chi connectivity index (χ2v) is 6.10. The van der Waals surface area contributed by atoms with Crippen molar-refractivity contribution in [2.45, 2.75) is 32.2 Å². The fourth-order valence-electron chi connectivity index (χ4n) is 3.26. The van der Waals surface area contributed by atoms with Gasteiger partial charge in [0.2, 0.25) is 0 Å². The van der Waals surface area contributed by atoms with Crippen LogP contribution >= 0.6 is 0 Å². The van der Waals surface area contributed by atoms with E-state index in [1.807, 2.05) is 0 Å². The lowest BCUT2D eigenvalue weighted by atomic mass is 9.98. The number of hydrogen-bond donors (Lipinski definition) is 1. The molecule has 0 aromatic heterocycles. The summed E-state index contributed by atoms with van der Waals surface area (Å²) >= 11 is 0. The van der Waals surface area contributed by atoms with Crippen molar-refractivity contribution in [3.8, 4) is 0 Å². The molecule has 19 heavy (non-hydrogen) atoms. The minimum atomic E-state index is 0.594. The summed E-state index contributed by atoms with van der Waals surface area (Å²) in [6.45, 7) is 11.3. The molecule has 2 unspecified atom stereocenters. The fourth-order valence-corrected chi connectivity index (χ4v) is 3.26. The van der Waals surface area contributed by atoms with E-state index in [4.69, 9.17) is 4.74 Å². The summed E-state index contributed by atoms with van der Waals surface area (Å²) in [6, 6.07) is 0.594. The van der Waals surface area contributed by atoms with E-state index in [2.05, 4.69) is 29.1 Å². The third kappa shape index (κ3) is 5.03. The zero-order chi connectivity index (χ0) is 13.5. The van der Waals surface area contributed by atoms with E-state index in [0.29, 0.717) is 12.0 Å². The largest absolute Gasteiger partial charge is 0.381 e. The molecule has 2 heterocycles. The molecular weight excluding hydrogens is 238 g/mol. The van der Waals surface area contributed by atoms with Crippen LogP contribution in [0, 0.1) is 5.92 Å². The van der Waals surface area contributed by atoms with Gasteiger partial charge < -0.3 is 19.9 Å². The Balaban J connectivity index is 1.69. The molecular formula is C15H31N3O. The number of likely N-dealkylation sites (N-methyl/N-ethyl adjacent to an activating group) is 2. The zero-order valence-corrected chi connectivity index (χ0v) is 12.7. The molecule has 2 atom stereocenters. The van der Waals surface area contributed by atoms with Crippen molar-refractivity contribution in [2.75, 3.05) is 59.5 Å². The maximum Gasteiger partial charge on any atom is 0.0510 e. The number of ether oxygens (including phenoxy) is 1. The van der Waals surface area contributed by atoms with Gasteiger partial charge in [0.1, 0.15) is 0 Å². The van der Waals surface area contributed by atoms with Crippen molar-refractivity contribution in [2.24, 2.45) is 5.92 Å². The van der Waals surface area contributed by atoms with E-state index >= 15 is 0 Å². The van der Waals surface area contributed by atoms with Crippen LogP contribution in [0.15, 0.2) is 0 Å². The Morgan fingerprint density at radius 1 is 1.37 bits per heavy atom. The number of likely N-dealkylation sites (tertiary alicyclic amines) is 1. The highest BCUT2D eigenvalue weighted by molar-refractivity contribution is 4.81. The predicted octanol–water partition coefficient (Wildman–Crippen LogP) is 1.03. The molecule has 0 spiro atoms. The average molecular weight is 269 g/mol. The first-order chi connectivity index (χ1) is 9.29. The van der Waals surface area contributed by atoms with Gasteiger partial charge in [-0.15, -0.1) is 0 Å². The Kier molecular flexibility index (Phi) is 6.57. The van der Waals surface area contributed by atoms with Crippen LogP contribution in [0.25, 0.3) is 0 Å². The van der Waals surface area contributed by atoms with E-state index in [9.17, 15) is 0 Å². The second kappa shape index (κ2) is 8.20. The first-order valence-corrected chi connectivity index (χ1v) is 8.01. The van der Waals surface area contributed by atoms with Gasteiger partial charge in [0.25, 0.3) is 0 Å². The first kappa shape index (κ1) is 15.2. The molecule has 2 aliphatic rings. The molecule has 0 aromatic carbocycles. The number of nitrogens with one attached hydrogen (secondary N) is 1. The van der Waals surface area contributed by atoms with Crippen molar-refractivity contribution < 1.29 is 4.74 Å². The maximum absolute atomic E-state index is 5.54. The third-order valence-corrected chi connectivity index (χ3v) is 4.51. The third-order valence-electron chi connectivity index (χ3n) is 4.51. The normalized spacial score (nSPS) is 26.4. The van der Waals surface area contributed by atoms with E-state index in [-0.39, 0.29) is 0 Å². The van der Waals surface area contributed by atoms with Crippen molar-refractivity contribution in [1.82, 2.24) is 15.1 Å². The van der Waals surface area contributed by atoms with Crippen molar-refractivity contribution in [3.05, 3.63) is 0 Å². The van der Waals surface area contributed by atoms with Gasteiger partial charge in [-0.1, -0.05) is 6.92 Å². The minimum Gasteiger partial charge on any atom is -0.381 e. The van der Waals surface area contributed by atoms with E-state index < -0.39 is 0 Å². The Bertz CT molecular complexity index is 238. The van der Waals surface area contributed by atoms with E-state index in [0.717, 1.165) is 26.3 Å². The highest BCUT2D eigenvalue weighted by atomic mass is 16.5. The summed E-state index contributed by atoms with van der Waals surface area (Å²) in [5.41, 5.74) is 0. The van der Waals surface area contributed by atoms with Crippen LogP contribution in [0.4, 0.5) is 0 Å². The molecule has 0 bridgehead atoms. The molecule has 2 rings (SSSR count). The van der Waals surface area contributed by atoms with E-state index in [1.165, 1.54) is 45.4 Å². The molecule has 4 heteroatoms. The van der Waals surface area contributed by atoms with Gasteiger partial charge in [0.15, 0.2) is 0 Å². The average Bonchev–Trinajstić information content (AvgIpc) is 3.09. The summed E-state index contributed by atoms with van der Waals surface area (Å²) in [7, 11) is 2.26. The summed E-state index contributed by atoms with van der Waals surface area (Å²) in [6.07, 6.45) is 4.00. The molecule has 0 aromatic rings. The quantitative estimate of drug-likeness (QED) is 0.712. The Hall–Kier alpha value is -0.160. The molecule has 2 aliphatic heterocycles. The Morgan fingerprint density at radius 3 is 2.79 bits per heavy atom. The van der Waals surface area contributed by atoms with Gasteiger partial charge >= 0.3 is 0 Å². The molecule has 112 valence electrons. The molecule has 0 amide bonds. The predicted molar refractivity (Wildman–Crippen MR) is 79.6 cm³/mol. The summed E-state index contributed by atoms with van der Waals surface area (Å²) < 4.78 is 5.54. The molecule has 0 saturated carbocycles. The lowest BCUT2D eigenvalue weighted by Crippen LogP contribution is -2.46. The maximum atomic E-state index is 5.54. The molecule has 2 fully saturated rings. The van der Waals surface area contributed by atoms with Gasteiger partial charge in [-0.2, -0.15) is 0 Å². The Labute approximate surface area is 118 Å². The van der Waals surface area contributed by atoms with Gasteiger partial charge in [-0.05, 0) is 45.9 Å². The van der Waals surface area contributed by atoms with Crippen LogP contribution in [-0.4, -0.2) is 75.4 Å². The molecule has 0 radical (unpaired) electrons. The van der Waals surface area contributed by atoms with Gasteiger partial charge in [0, 0.05) is 38.2 Å². The smallest absolute Gasteiger partial charge is 0.0510 e. The van der Waals surface area contributed by atoms with Crippen molar-refractivity contribution >= 4 is 0 Å². The second-order valence-electron chi connectivity index (χ2n) is 6.10. The lowest BCUT2D eigenvalue weighted by molar-refractivity contribution is 0.164. The van der Waals surface area contributed by atoms with Gasteiger partial charge in [0.05, 0.1) is 6.61 Å². The first-order valence-electron chi connectivity index (χ1n) is 8.01. The highest BCUT2D eigenvalue weighted by Crippen LogP contribution is 2.17. The fraction of sp³-hybridized carbons (Fsp3) is 1.00. The Morgan fingerprint density at radius 2 is 2.16 bits per heavy atom. The molecule has 4 nitrogen and oxygen atoms in total. The number of nitrogens with zero attached hydrogens (tertiary/aromatic N) is 2. The van der Waals surface area contributed by atoms with E-state index in [1.54, 1.807) is 0 Å². The molecule has 1 N–H and O–H groups in total. The monoisotopic (exact) mass is 269 g/mol. The standard InChI is InChI=1S/C15H31N3O/c1-3-16-15(14-6-11-19-13-14)12-17(2)9-10-18-7-4-5-8-18/h14-16H,3-13H2,1-2H3. The van der Waals surface area contributed by atoms with Crippen LogP contribution in [0.2, 0.25) is 0 Å². The number of hydrogen-bond acceptors (Lipinski definition) is 4. The van der Waals surface area contributed by atoms with Crippen LogP contribution in [-0.2, 0) is 4.74 Å². The number of rotatable bonds is 8. The molecule has 0 aliphatic carbocycles. The van der Waals surface area contributed by atoms with Crippen molar-refractivity contribution in [1.29, 1.82) is 0 Å². The topological polar surface area (TPSA) is 27.7 Å². The summed E-state index contributed by atoms with van der Waals surface area (Å²) in [4.78, 5) is 5.08. The molecule has 2 saturated heterocycles. The zero-order valence-electron chi connectivity index (χ0n) is 12.7. The highest BCUT2D eigenvalue weighted by Gasteiger charge is 2.26. The summed E-state index contributed by atoms with van der Waals surface area (Å²) in [5.74, 6) is 0.703. The van der Waals surface area contributed by atoms with Crippen LogP contribution < -0.4 is 5.32 Å². The van der Waals surface area contributed by atoms with Gasteiger partial charge in [-0.25, -0.2) is 0 Å². The van der Waals surface area contributed by atoms with Gasteiger partial charge in [-0.3, -0.25) is 0 Å².